The van der Waals surface area contributed by atoms with Crippen LogP contribution in [0.2, 0.25) is 0 Å². The Hall–Kier alpha value is -1.53. The van der Waals surface area contributed by atoms with Crippen LogP contribution in [0.1, 0.15) is 27.2 Å². The molecule has 0 aliphatic carbocycles. The van der Waals surface area contributed by atoms with E-state index in [1.54, 1.807) is 24.5 Å². The number of ketones is 1. The Morgan fingerprint density at radius 1 is 1.59 bits per heavy atom. The fourth-order valence-electron chi connectivity index (χ4n) is 1.29. The van der Waals surface area contributed by atoms with Crippen LogP contribution < -0.4 is 5.43 Å². The second-order valence-electron chi connectivity index (χ2n) is 3.38. The monoisotopic (exact) mass is 265 g/mol. The van der Waals surface area contributed by atoms with E-state index in [1.165, 1.54) is 11.3 Å². The first kappa shape index (κ1) is 11.9. The van der Waals surface area contributed by atoms with Crippen molar-refractivity contribution in [2.45, 2.75) is 13.8 Å². The van der Waals surface area contributed by atoms with E-state index in [0.29, 0.717) is 10.0 Å². The number of thiophene rings is 1. The molecule has 0 saturated carbocycles. The Balaban J connectivity index is 2.05. The van der Waals surface area contributed by atoms with Crippen molar-refractivity contribution in [1.82, 2.24) is 4.98 Å². The zero-order valence-corrected chi connectivity index (χ0v) is 11.1. The highest BCUT2D eigenvalue weighted by Gasteiger charge is 2.10. The molecule has 88 valence electrons. The number of hydrogen-bond donors (Lipinski definition) is 1. The predicted molar refractivity (Wildman–Crippen MR) is 72.4 cm³/mol. The van der Waals surface area contributed by atoms with Gasteiger partial charge in [0.2, 0.25) is 5.13 Å². The van der Waals surface area contributed by atoms with E-state index in [-0.39, 0.29) is 5.78 Å². The van der Waals surface area contributed by atoms with Crippen LogP contribution in [0.5, 0.6) is 0 Å². The second kappa shape index (κ2) is 5.20. The summed E-state index contributed by atoms with van der Waals surface area (Å²) in [5, 5.41) is 6.70. The Kier molecular flexibility index (Phi) is 3.65. The first-order valence-corrected chi connectivity index (χ1v) is 6.67. The van der Waals surface area contributed by atoms with Crippen molar-refractivity contribution in [1.29, 1.82) is 0 Å². The summed E-state index contributed by atoms with van der Waals surface area (Å²) in [5.74, 6) is 0.0373. The number of carbonyl (C=O) groups excluding carboxylic acids is 1. The number of nitrogens with zero attached hydrogens (tertiary/aromatic N) is 2. The first-order valence-electron chi connectivity index (χ1n) is 4.98. The molecular weight excluding hydrogens is 254 g/mol. The minimum absolute atomic E-state index is 0.0373. The summed E-state index contributed by atoms with van der Waals surface area (Å²) in [5.41, 5.74) is 3.58. The molecule has 2 aromatic heterocycles. The van der Waals surface area contributed by atoms with Gasteiger partial charge in [0.1, 0.15) is 0 Å². The lowest BCUT2D eigenvalue weighted by atomic mass is 10.3. The van der Waals surface area contributed by atoms with Gasteiger partial charge >= 0.3 is 0 Å². The fraction of sp³-hybridized carbons (Fsp3) is 0.182. The highest BCUT2D eigenvalue weighted by Crippen LogP contribution is 2.22. The van der Waals surface area contributed by atoms with E-state index in [9.17, 15) is 4.79 Å². The molecule has 2 rings (SSSR count). The van der Waals surface area contributed by atoms with E-state index >= 15 is 0 Å². The number of rotatable bonds is 4. The molecule has 2 aromatic rings. The van der Waals surface area contributed by atoms with Crippen LogP contribution in [0.15, 0.2) is 22.6 Å². The van der Waals surface area contributed by atoms with Gasteiger partial charge in [-0.05, 0) is 18.4 Å². The van der Waals surface area contributed by atoms with Gasteiger partial charge in [-0.2, -0.15) is 5.10 Å². The number of carbonyl (C=O) groups is 1. The van der Waals surface area contributed by atoms with E-state index in [4.69, 9.17) is 0 Å². The summed E-state index contributed by atoms with van der Waals surface area (Å²) in [4.78, 5) is 17.2. The highest BCUT2D eigenvalue weighted by molar-refractivity contribution is 7.17. The molecule has 0 spiro atoms. The summed E-state index contributed by atoms with van der Waals surface area (Å²) in [6.45, 7) is 3.36. The summed E-state index contributed by atoms with van der Waals surface area (Å²) < 4.78 is 0. The molecule has 1 N–H and O–H groups in total. The summed E-state index contributed by atoms with van der Waals surface area (Å²) in [6, 6.07) is 3.94. The minimum Gasteiger partial charge on any atom is -0.294 e. The largest absolute Gasteiger partial charge is 0.294 e. The van der Waals surface area contributed by atoms with Crippen molar-refractivity contribution in [2.24, 2.45) is 5.10 Å². The molecule has 17 heavy (non-hydrogen) atoms. The van der Waals surface area contributed by atoms with Crippen LogP contribution in [0.25, 0.3) is 0 Å². The number of anilines is 1. The third-order valence-corrected chi connectivity index (χ3v) is 3.98. The predicted octanol–water partition coefficient (Wildman–Crippen LogP) is 3.16. The fourth-order valence-corrected chi connectivity index (χ4v) is 2.68. The Morgan fingerprint density at radius 3 is 3.00 bits per heavy atom. The van der Waals surface area contributed by atoms with Crippen molar-refractivity contribution in [3.8, 4) is 0 Å². The van der Waals surface area contributed by atoms with E-state index < -0.39 is 0 Å². The molecule has 0 atom stereocenters. The van der Waals surface area contributed by atoms with E-state index in [1.807, 2.05) is 24.4 Å². The van der Waals surface area contributed by atoms with Gasteiger partial charge in [0.25, 0.3) is 0 Å². The minimum atomic E-state index is 0.0373. The lowest BCUT2D eigenvalue weighted by Gasteiger charge is -1.90. The second-order valence-corrected chi connectivity index (χ2v) is 5.35. The summed E-state index contributed by atoms with van der Waals surface area (Å²) in [7, 11) is 0. The van der Waals surface area contributed by atoms with Gasteiger partial charge in [-0.3, -0.25) is 10.2 Å². The van der Waals surface area contributed by atoms with Crippen molar-refractivity contribution in [2.75, 3.05) is 5.43 Å². The van der Waals surface area contributed by atoms with E-state index in [0.717, 1.165) is 10.6 Å². The molecule has 0 unspecified atom stereocenters. The highest BCUT2D eigenvalue weighted by atomic mass is 32.1. The Morgan fingerprint density at radius 2 is 2.41 bits per heavy atom. The van der Waals surface area contributed by atoms with Crippen LogP contribution >= 0.6 is 22.7 Å². The van der Waals surface area contributed by atoms with Crippen LogP contribution in [-0.4, -0.2) is 17.0 Å². The smallest absolute Gasteiger partial charge is 0.204 e. The zero-order valence-electron chi connectivity index (χ0n) is 9.43. The van der Waals surface area contributed by atoms with Gasteiger partial charge in [-0.15, -0.1) is 11.3 Å². The topological polar surface area (TPSA) is 54.4 Å². The molecule has 2 heterocycles. The summed E-state index contributed by atoms with van der Waals surface area (Å²) >= 11 is 2.93. The molecule has 0 amide bonds. The van der Waals surface area contributed by atoms with Crippen LogP contribution in [0, 0.1) is 6.92 Å². The SMILES string of the molecule is CC(=O)c1sc(N/N=C/c2cccs2)nc1C. The van der Waals surface area contributed by atoms with Gasteiger partial charge in [0.15, 0.2) is 5.78 Å². The van der Waals surface area contributed by atoms with Crippen molar-refractivity contribution in [3.05, 3.63) is 33.0 Å². The average Bonchev–Trinajstić information content (AvgIpc) is 2.88. The van der Waals surface area contributed by atoms with Crippen LogP contribution in [0.4, 0.5) is 5.13 Å². The maximum Gasteiger partial charge on any atom is 0.204 e. The third kappa shape index (κ3) is 2.98. The van der Waals surface area contributed by atoms with Gasteiger partial charge in [-0.1, -0.05) is 17.4 Å². The lowest BCUT2D eigenvalue weighted by molar-refractivity contribution is 0.102. The third-order valence-electron chi connectivity index (χ3n) is 2.01. The lowest BCUT2D eigenvalue weighted by Crippen LogP contribution is -1.89. The van der Waals surface area contributed by atoms with Crippen molar-refractivity contribution < 1.29 is 4.79 Å². The number of thiazole rings is 1. The average molecular weight is 265 g/mol. The van der Waals surface area contributed by atoms with Crippen molar-refractivity contribution >= 4 is 39.8 Å². The summed E-state index contributed by atoms with van der Waals surface area (Å²) in [6.07, 6.45) is 1.73. The molecule has 0 aromatic carbocycles. The Labute approximate surface area is 107 Å². The van der Waals surface area contributed by atoms with E-state index in [2.05, 4.69) is 15.5 Å². The molecule has 6 heteroatoms. The number of hydrogen-bond acceptors (Lipinski definition) is 6. The number of aryl methyl sites for hydroxylation is 1. The number of nitrogens with one attached hydrogen (secondary N) is 1. The van der Waals surface area contributed by atoms with Gasteiger partial charge in [0, 0.05) is 11.8 Å². The molecule has 0 aliphatic rings. The van der Waals surface area contributed by atoms with Gasteiger partial charge in [-0.25, -0.2) is 4.98 Å². The maximum atomic E-state index is 11.2. The number of hydrazone groups is 1. The van der Waals surface area contributed by atoms with Crippen LogP contribution in [-0.2, 0) is 0 Å². The maximum absolute atomic E-state index is 11.2. The molecule has 0 fully saturated rings. The van der Waals surface area contributed by atoms with Crippen molar-refractivity contribution in [3.63, 3.8) is 0 Å². The van der Waals surface area contributed by atoms with Gasteiger partial charge in [0.05, 0.1) is 16.8 Å². The van der Waals surface area contributed by atoms with Gasteiger partial charge < -0.3 is 0 Å². The molecule has 0 aliphatic heterocycles. The zero-order chi connectivity index (χ0) is 12.3. The molecular formula is C11H11N3OS2. The first-order chi connectivity index (χ1) is 8.16. The number of aromatic nitrogens is 1. The quantitative estimate of drug-likeness (QED) is 0.525. The molecule has 4 nitrogen and oxygen atoms in total. The molecule has 0 radical (unpaired) electrons. The normalized spacial score (nSPS) is 10.9. The van der Waals surface area contributed by atoms with Crippen LogP contribution in [0.3, 0.4) is 0 Å². The molecule has 0 saturated heterocycles. The number of Topliss-reactive ketones (excluding diaryl/α,β-unsaturated/α-hetero) is 1. The molecule has 0 bridgehead atoms. The Bertz CT molecular complexity index is 543. The standard InChI is InChI=1S/C11H11N3OS2/c1-7-10(8(2)15)17-11(13-7)14-12-6-9-4-3-5-16-9/h3-6H,1-2H3,(H,13,14)/b12-6+.